The molecule has 0 fully saturated rings. The van der Waals surface area contributed by atoms with Crippen LogP contribution in [0.15, 0.2) is 60.7 Å². The molecule has 32 heavy (non-hydrogen) atoms. The zero-order valence-corrected chi connectivity index (χ0v) is 18.2. The van der Waals surface area contributed by atoms with E-state index in [1.165, 1.54) is 26.4 Å². The van der Waals surface area contributed by atoms with Crippen molar-refractivity contribution >= 4 is 23.5 Å². The van der Waals surface area contributed by atoms with Crippen molar-refractivity contribution in [2.75, 3.05) is 19.5 Å². The number of benzene rings is 3. The number of nitrogens with one attached hydrogen (secondary N) is 1. The maximum absolute atomic E-state index is 12.6. The molecule has 7 heteroatoms. The molecule has 7 nitrogen and oxygen atoms in total. The van der Waals surface area contributed by atoms with Crippen molar-refractivity contribution in [2.24, 2.45) is 0 Å². The zero-order valence-electron chi connectivity index (χ0n) is 18.2. The van der Waals surface area contributed by atoms with E-state index in [1.807, 2.05) is 26.0 Å². The Morgan fingerprint density at radius 3 is 2.09 bits per heavy atom. The Labute approximate surface area is 185 Å². The van der Waals surface area contributed by atoms with Crippen molar-refractivity contribution in [1.29, 1.82) is 0 Å². The predicted octanol–water partition coefficient (Wildman–Crippen LogP) is 4.92. The lowest BCUT2D eigenvalue weighted by Crippen LogP contribution is -2.12. The molecule has 0 saturated carbocycles. The first kappa shape index (κ1) is 22.6. The van der Waals surface area contributed by atoms with E-state index >= 15 is 0 Å². The van der Waals surface area contributed by atoms with E-state index in [4.69, 9.17) is 14.2 Å². The minimum Gasteiger partial charge on any atom is -0.465 e. The van der Waals surface area contributed by atoms with E-state index in [2.05, 4.69) is 5.32 Å². The lowest BCUT2D eigenvalue weighted by molar-refractivity contribution is 0.0555. The van der Waals surface area contributed by atoms with Gasteiger partial charge in [0.2, 0.25) is 0 Å². The molecule has 0 aromatic heterocycles. The number of anilines is 1. The number of hydrogen-bond acceptors (Lipinski definition) is 6. The first-order valence-corrected chi connectivity index (χ1v) is 9.79. The summed E-state index contributed by atoms with van der Waals surface area (Å²) in [7, 11) is 2.45. The van der Waals surface area contributed by atoms with E-state index in [9.17, 15) is 14.4 Å². The first-order chi connectivity index (χ1) is 15.3. The Bertz CT molecular complexity index is 1180. The van der Waals surface area contributed by atoms with Crippen LogP contribution in [0.3, 0.4) is 0 Å². The van der Waals surface area contributed by atoms with Crippen molar-refractivity contribution in [1.82, 2.24) is 0 Å². The molecule has 1 amide bonds. The van der Waals surface area contributed by atoms with Crippen LogP contribution in [-0.2, 0) is 9.47 Å². The molecular formula is C25H23NO6. The Balaban J connectivity index is 1.81. The molecule has 0 radical (unpaired) electrons. The highest BCUT2D eigenvalue weighted by Gasteiger charge is 2.19. The van der Waals surface area contributed by atoms with Gasteiger partial charge in [0, 0.05) is 17.3 Å². The van der Waals surface area contributed by atoms with Crippen LogP contribution in [0.4, 0.5) is 5.69 Å². The van der Waals surface area contributed by atoms with E-state index in [1.54, 1.807) is 36.4 Å². The predicted molar refractivity (Wildman–Crippen MR) is 120 cm³/mol. The third-order valence-electron chi connectivity index (χ3n) is 4.90. The molecule has 0 unspecified atom stereocenters. The van der Waals surface area contributed by atoms with Crippen LogP contribution in [-0.4, -0.2) is 32.1 Å². The van der Waals surface area contributed by atoms with Crippen molar-refractivity contribution in [3.8, 4) is 11.5 Å². The average Bonchev–Trinajstić information content (AvgIpc) is 2.80. The fraction of sp³-hybridized carbons (Fsp3) is 0.160. The van der Waals surface area contributed by atoms with Crippen molar-refractivity contribution < 1.29 is 28.6 Å². The van der Waals surface area contributed by atoms with Gasteiger partial charge >= 0.3 is 11.9 Å². The summed E-state index contributed by atoms with van der Waals surface area (Å²) in [6.45, 7) is 3.94. The number of carbonyl (C=O) groups is 3. The monoisotopic (exact) mass is 433 g/mol. The normalized spacial score (nSPS) is 10.2. The van der Waals surface area contributed by atoms with E-state index in [0.29, 0.717) is 22.7 Å². The fourth-order valence-electron chi connectivity index (χ4n) is 3.01. The maximum atomic E-state index is 12.6. The topological polar surface area (TPSA) is 90.9 Å². The molecule has 3 aromatic rings. The summed E-state index contributed by atoms with van der Waals surface area (Å²) in [6.07, 6.45) is 0. The van der Waals surface area contributed by atoms with E-state index < -0.39 is 11.9 Å². The third-order valence-corrected chi connectivity index (χ3v) is 4.90. The molecule has 0 heterocycles. The standard InChI is InChI=1S/C25H23NO6/c1-15-8-9-17(12-16(15)2)23(27)26-18-6-5-7-19(13-18)32-20-10-11-21(24(28)30-3)22(14-20)25(29)31-4/h5-14H,1-4H3,(H,26,27). The molecule has 0 bridgehead atoms. The van der Waals surface area contributed by atoms with Gasteiger partial charge in [-0.05, 0) is 67.4 Å². The number of carbonyl (C=O) groups excluding carboxylic acids is 3. The van der Waals surface area contributed by atoms with Gasteiger partial charge in [0.1, 0.15) is 11.5 Å². The molecule has 0 atom stereocenters. The number of hydrogen-bond donors (Lipinski definition) is 1. The number of amides is 1. The van der Waals surface area contributed by atoms with E-state index in [0.717, 1.165) is 11.1 Å². The van der Waals surface area contributed by atoms with Crippen LogP contribution >= 0.6 is 0 Å². The Kier molecular flexibility index (Phi) is 6.90. The number of aryl methyl sites for hydroxylation is 2. The number of esters is 2. The highest BCUT2D eigenvalue weighted by molar-refractivity contribution is 6.04. The van der Waals surface area contributed by atoms with Crippen molar-refractivity contribution in [2.45, 2.75) is 13.8 Å². The summed E-state index contributed by atoms with van der Waals surface area (Å²) in [4.78, 5) is 36.6. The van der Waals surface area contributed by atoms with Gasteiger partial charge in [-0.1, -0.05) is 12.1 Å². The maximum Gasteiger partial charge on any atom is 0.338 e. The van der Waals surface area contributed by atoms with Crippen LogP contribution in [0.25, 0.3) is 0 Å². The van der Waals surface area contributed by atoms with Gasteiger partial charge in [-0.25, -0.2) is 9.59 Å². The molecule has 0 saturated heterocycles. The van der Waals surface area contributed by atoms with Gasteiger partial charge in [-0.15, -0.1) is 0 Å². The minimum atomic E-state index is -0.690. The summed E-state index contributed by atoms with van der Waals surface area (Å²) in [5.41, 5.74) is 3.34. The second kappa shape index (κ2) is 9.78. The quantitative estimate of drug-likeness (QED) is 0.555. The summed E-state index contributed by atoms with van der Waals surface area (Å²) in [5, 5.41) is 2.85. The van der Waals surface area contributed by atoms with E-state index in [-0.39, 0.29) is 17.0 Å². The highest BCUT2D eigenvalue weighted by Crippen LogP contribution is 2.27. The molecule has 3 aromatic carbocycles. The minimum absolute atomic E-state index is 0.0241. The molecule has 164 valence electrons. The van der Waals surface area contributed by atoms with Crippen molar-refractivity contribution in [3.63, 3.8) is 0 Å². The Hall–Kier alpha value is -4.13. The van der Waals surface area contributed by atoms with Gasteiger partial charge in [-0.3, -0.25) is 4.79 Å². The fourth-order valence-corrected chi connectivity index (χ4v) is 3.01. The molecular weight excluding hydrogens is 410 g/mol. The lowest BCUT2D eigenvalue weighted by Gasteiger charge is -2.12. The summed E-state index contributed by atoms with van der Waals surface area (Å²) >= 11 is 0. The van der Waals surface area contributed by atoms with Crippen molar-refractivity contribution in [3.05, 3.63) is 88.5 Å². The summed E-state index contributed by atoms with van der Waals surface area (Å²) < 4.78 is 15.3. The molecule has 0 aliphatic heterocycles. The lowest BCUT2D eigenvalue weighted by atomic mass is 10.1. The van der Waals surface area contributed by atoms with Gasteiger partial charge in [0.15, 0.2) is 0 Å². The van der Waals surface area contributed by atoms with Gasteiger partial charge in [0.05, 0.1) is 25.3 Å². The van der Waals surface area contributed by atoms with Gasteiger partial charge in [-0.2, -0.15) is 0 Å². The zero-order chi connectivity index (χ0) is 23.3. The van der Waals surface area contributed by atoms with Crippen LogP contribution in [0, 0.1) is 13.8 Å². The molecule has 3 rings (SSSR count). The van der Waals surface area contributed by atoms with Gasteiger partial charge in [0.25, 0.3) is 5.91 Å². The second-order valence-electron chi connectivity index (χ2n) is 7.07. The number of ether oxygens (including phenoxy) is 3. The third kappa shape index (κ3) is 5.13. The average molecular weight is 433 g/mol. The second-order valence-corrected chi connectivity index (χ2v) is 7.07. The highest BCUT2D eigenvalue weighted by atomic mass is 16.5. The van der Waals surface area contributed by atoms with Crippen LogP contribution < -0.4 is 10.1 Å². The first-order valence-electron chi connectivity index (χ1n) is 9.79. The molecule has 1 N–H and O–H groups in total. The van der Waals surface area contributed by atoms with Gasteiger partial charge < -0.3 is 19.5 Å². The Morgan fingerprint density at radius 1 is 0.719 bits per heavy atom. The Morgan fingerprint density at radius 2 is 1.41 bits per heavy atom. The number of methoxy groups -OCH3 is 2. The molecule has 0 spiro atoms. The van der Waals surface area contributed by atoms with Crippen LogP contribution in [0.1, 0.15) is 42.2 Å². The van der Waals surface area contributed by atoms with Crippen LogP contribution in [0.5, 0.6) is 11.5 Å². The summed E-state index contributed by atoms with van der Waals surface area (Å²) in [5.74, 6) is -0.834. The largest absolute Gasteiger partial charge is 0.465 e. The summed E-state index contributed by atoms with van der Waals surface area (Å²) in [6, 6.07) is 16.7. The SMILES string of the molecule is COC(=O)c1ccc(Oc2cccc(NC(=O)c3ccc(C)c(C)c3)c2)cc1C(=O)OC. The van der Waals surface area contributed by atoms with Crippen LogP contribution in [0.2, 0.25) is 0 Å². The molecule has 0 aliphatic rings. The molecule has 0 aliphatic carbocycles. The smallest absolute Gasteiger partial charge is 0.338 e. The number of rotatable bonds is 6.